The maximum absolute atomic E-state index is 12.2. The Hall–Kier alpha value is -0.180. The average molecular weight is 289 g/mol. The Bertz CT molecular complexity index is 366. The van der Waals surface area contributed by atoms with Crippen LogP contribution in [-0.2, 0) is 4.57 Å². The molecule has 1 aliphatic heterocycles. The van der Waals surface area contributed by atoms with Gasteiger partial charge in [0.15, 0.2) is 0 Å². The summed E-state index contributed by atoms with van der Waals surface area (Å²) >= 11 is 3.31. The highest BCUT2D eigenvalue weighted by atomic mass is 79.9. The Kier molecular flexibility index (Phi) is 3.95. The number of nitrogens with zero attached hydrogens (tertiary/aromatic N) is 1. The van der Waals surface area contributed by atoms with Crippen molar-refractivity contribution in [3.63, 3.8) is 0 Å². The van der Waals surface area contributed by atoms with E-state index < -0.39 is 7.80 Å². The van der Waals surface area contributed by atoms with E-state index in [9.17, 15) is 4.57 Å². The molecular weight excluding hydrogens is 275 g/mol. The molecule has 0 aliphatic carbocycles. The van der Waals surface area contributed by atoms with Crippen LogP contribution < -0.4 is 10.8 Å². The fourth-order valence-corrected chi connectivity index (χ4v) is 4.07. The van der Waals surface area contributed by atoms with Crippen molar-refractivity contribution in [3.8, 4) is 0 Å². The van der Waals surface area contributed by atoms with Crippen molar-refractivity contribution < 1.29 is 4.57 Å². The fourth-order valence-electron chi connectivity index (χ4n) is 1.84. The fraction of sp³-hybridized carbons (Fsp3) is 0.500. The molecule has 1 aliphatic rings. The molecule has 0 amide bonds. The molecule has 1 unspecified atom stereocenters. The lowest BCUT2D eigenvalue weighted by molar-refractivity contribution is 0.507. The standard InChI is InChI=1S/C10H14BrN2OP/c11-9-2-1-3-10(13-9)15(14)8-4-6-12-7-5-8/h1-3,8,12,15H,4-7H2. The van der Waals surface area contributed by atoms with Crippen LogP contribution >= 0.6 is 23.7 Å². The molecule has 1 fully saturated rings. The van der Waals surface area contributed by atoms with Gasteiger partial charge in [0.2, 0.25) is 0 Å². The Balaban J connectivity index is 2.12. The second-order valence-electron chi connectivity index (χ2n) is 3.73. The van der Waals surface area contributed by atoms with E-state index >= 15 is 0 Å². The van der Waals surface area contributed by atoms with Crippen LogP contribution in [0.2, 0.25) is 0 Å². The summed E-state index contributed by atoms with van der Waals surface area (Å²) in [6.07, 6.45) is 2.01. The zero-order chi connectivity index (χ0) is 10.7. The SMILES string of the molecule is O=[PH](c1cccc(Br)n1)C1CCNCC1. The molecule has 1 aromatic heterocycles. The molecule has 0 radical (unpaired) electrons. The van der Waals surface area contributed by atoms with Gasteiger partial charge in [0.05, 0.1) is 5.44 Å². The maximum Gasteiger partial charge on any atom is 0.124 e. The van der Waals surface area contributed by atoms with Crippen LogP contribution in [-0.4, -0.2) is 23.7 Å². The Morgan fingerprint density at radius 3 is 2.80 bits per heavy atom. The van der Waals surface area contributed by atoms with Gasteiger partial charge < -0.3 is 9.88 Å². The molecule has 3 nitrogen and oxygen atoms in total. The molecule has 0 saturated carbocycles. The summed E-state index contributed by atoms with van der Waals surface area (Å²) in [6, 6.07) is 5.63. The molecule has 82 valence electrons. The van der Waals surface area contributed by atoms with Crippen LogP contribution in [0.15, 0.2) is 22.8 Å². The minimum atomic E-state index is -1.72. The second kappa shape index (κ2) is 5.24. The minimum Gasteiger partial charge on any atom is -0.320 e. The summed E-state index contributed by atoms with van der Waals surface area (Å²) in [5.41, 5.74) is 1.10. The normalized spacial score (nSPS) is 20.1. The number of pyridine rings is 1. The summed E-state index contributed by atoms with van der Waals surface area (Å²) in [6.45, 7) is 1.96. The molecule has 1 atom stereocenters. The molecule has 1 N–H and O–H groups in total. The molecule has 0 spiro atoms. The number of piperidine rings is 1. The molecule has 15 heavy (non-hydrogen) atoms. The summed E-state index contributed by atoms with van der Waals surface area (Å²) in [5.74, 6) is 0. The molecular formula is C10H14BrN2OP. The highest BCUT2D eigenvalue weighted by molar-refractivity contribution is 9.10. The zero-order valence-corrected chi connectivity index (χ0v) is 11.0. The third-order valence-corrected chi connectivity index (χ3v) is 5.22. The third-order valence-electron chi connectivity index (χ3n) is 2.68. The van der Waals surface area contributed by atoms with E-state index in [-0.39, 0.29) is 0 Å². The second-order valence-corrected chi connectivity index (χ2v) is 6.60. The third kappa shape index (κ3) is 2.90. The van der Waals surface area contributed by atoms with Crippen molar-refractivity contribution in [2.24, 2.45) is 0 Å². The van der Waals surface area contributed by atoms with Gasteiger partial charge in [0, 0.05) is 5.66 Å². The van der Waals surface area contributed by atoms with E-state index in [1.165, 1.54) is 0 Å². The summed E-state index contributed by atoms with van der Waals surface area (Å²) in [5, 5.41) is 3.28. The molecule has 1 saturated heterocycles. The van der Waals surface area contributed by atoms with Crippen molar-refractivity contribution >= 4 is 29.2 Å². The summed E-state index contributed by atoms with van der Waals surface area (Å²) in [7, 11) is -1.72. The van der Waals surface area contributed by atoms with E-state index in [0.717, 1.165) is 36.0 Å². The average Bonchev–Trinajstić information content (AvgIpc) is 2.29. The van der Waals surface area contributed by atoms with E-state index in [2.05, 4.69) is 26.2 Å². The molecule has 2 rings (SSSR count). The zero-order valence-electron chi connectivity index (χ0n) is 8.37. The van der Waals surface area contributed by atoms with Crippen molar-refractivity contribution in [2.75, 3.05) is 13.1 Å². The lowest BCUT2D eigenvalue weighted by Crippen LogP contribution is -2.30. The van der Waals surface area contributed by atoms with Crippen LogP contribution in [0.1, 0.15) is 12.8 Å². The number of aromatic nitrogens is 1. The monoisotopic (exact) mass is 288 g/mol. The largest absolute Gasteiger partial charge is 0.320 e. The first-order valence-corrected chi connectivity index (χ1v) is 7.43. The van der Waals surface area contributed by atoms with Crippen molar-refractivity contribution in [1.29, 1.82) is 0 Å². The van der Waals surface area contributed by atoms with E-state index in [0.29, 0.717) is 5.66 Å². The van der Waals surface area contributed by atoms with Crippen LogP contribution in [0.5, 0.6) is 0 Å². The molecule has 5 heteroatoms. The number of hydrogen-bond acceptors (Lipinski definition) is 3. The number of rotatable bonds is 2. The molecule has 1 aromatic rings. The van der Waals surface area contributed by atoms with Crippen molar-refractivity contribution in [1.82, 2.24) is 10.3 Å². The summed E-state index contributed by atoms with van der Waals surface area (Å²) in [4.78, 5) is 4.28. The van der Waals surface area contributed by atoms with Crippen LogP contribution in [0.25, 0.3) is 0 Å². The van der Waals surface area contributed by atoms with Gasteiger partial charge in [-0.25, -0.2) is 4.98 Å². The predicted octanol–water partition coefficient (Wildman–Crippen LogP) is 1.78. The van der Waals surface area contributed by atoms with Gasteiger partial charge in [-0.15, -0.1) is 0 Å². The highest BCUT2D eigenvalue weighted by Crippen LogP contribution is 2.32. The first-order valence-electron chi connectivity index (χ1n) is 5.15. The Morgan fingerprint density at radius 1 is 1.40 bits per heavy atom. The minimum absolute atomic E-state index is 0.332. The van der Waals surface area contributed by atoms with E-state index in [1.54, 1.807) is 0 Å². The van der Waals surface area contributed by atoms with Gasteiger partial charge >= 0.3 is 0 Å². The Labute approximate surface area is 98.6 Å². The summed E-state index contributed by atoms with van der Waals surface area (Å²) < 4.78 is 13.0. The van der Waals surface area contributed by atoms with Gasteiger partial charge in [-0.2, -0.15) is 0 Å². The van der Waals surface area contributed by atoms with Crippen LogP contribution in [0.3, 0.4) is 0 Å². The molecule has 0 bridgehead atoms. The van der Waals surface area contributed by atoms with Gasteiger partial charge in [0.1, 0.15) is 12.4 Å². The molecule has 2 heterocycles. The maximum atomic E-state index is 12.2. The van der Waals surface area contributed by atoms with Crippen LogP contribution in [0.4, 0.5) is 0 Å². The quantitative estimate of drug-likeness (QED) is 0.666. The predicted molar refractivity (Wildman–Crippen MR) is 66.5 cm³/mol. The highest BCUT2D eigenvalue weighted by Gasteiger charge is 2.21. The number of nitrogens with one attached hydrogen (secondary N) is 1. The van der Waals surface area contributed by atoms with Crippen molar-refractivity contribution in [3.05, 3.63) is 22.8 Å². The van der Waals surface area contributed by atoms with Gasteiger partial charge in [-0.3, -0.25) is 0 Å². The molecule has 0 aromatic carbocycles. The lowest BCUT2D eigenvalue weighted by atomic mass is 10.2. The smallest absolute Gasteiger partial charge is 0.124 e. The van der Waals surface area contributed by atoms with Gasteiger partial charge in [-0.05, 0) is 54.0 Å². The number of hydrogen-bond donors (Lipinski definition) is 1. The van der Waals surface area contributed by atoms with E-state index in [1.807, 2.05) is 18.2 Å². The van der Waals surface area contributed by atoms with Gasteiger partial charge in [-0.1, -0.05) is 6.07 Å². The van der Waals surface area contributed by atoms with Crippen molar-refractivity contribution in [2.45, 2.75) is 18.5 Å². The number of halogens is 1. The first kappa shape index (κ1) is 11.3. The topological polar surface area (TPSA) is 42.0 Å². The van der Waals surface area contributed by atoms with Crippen LogP contribution in [0, 0.1) is 0 Å². The van der Waals surface area contributed by atoms with Gasteiger partial charge in [0.25, 0.3) is 0 Å². The lowest BCUT2D eigenvalue weighted by Gasteiger charge is -2.21. The Morgan fingerprint density at radius 2 is 2.13 bits per heavy atom. The first-order chi connectivity index (χ1) is 7.27. The van der Waals surface area contributed by atoms with E-state index in [4.69, 9.17) is 0 Å².